The van der Waals surface area contributed by atoms with Crippen LogP contribution in [0.1, 0.15) is 44.1 Å². The summed E-state index contributed by atoms with van der Waals surface area (Å²) < 4.78 is 2.38. The second-order valence-electron chi connectivity index (χ2n) is 6.25. The van der Waals surface area contributed by atoms with E-state index in [1.807, 2.05) is 0 Å². The van der Waals surface area contributed by atoms with Gasteiger partial charge < -0.3 is 10.3 Å². The van der Waals surface area contributed by atoms with Gasteiger partial charge in [-0.1, -0.05) is 6.07 Å². The van der Waals surface area contributed by atoms with Crippen LogP contribution in [-0.4, -0.2) is 15.1 Å². The minimum atomic E-state index is -0.165. The van der Waals surface area contributed by atoms with Crippen LogP contribution in [0.4, 0.5) is 0 Å². The van der Waals surface area contributed by atoms with Gasteiger partial charge in [0.25, 0.3) is 0 Å². The fourth-order valence-corrected chi connectivity index (χ4v) is 2.69. The number of hydrogen-bond acceptors (Lipinski definition) is 2. The van der Waals surface area contributed by atoms with E-state index in [-0.39, 0.29) is 5.54 Å². The van der Waals surface area contributed by atoms with Crippen molar-refractivity contribution >= 4 is 11.0 Å². The van der Waals surface area contributed by atoms with Crippen molar-refractivity contribution in [3.8, 4) is 0 Å². The first-order valence-corrected chi connectivity index (χ1v) is 6.70. The zero-order valence-electron chi connectivity index (χ0n) is 11.4. The topological polar surface area (TPSA) is 43.8 Å². The van der Waals surface area contributed by atoms with Crippen molar-refractivity contribution in [1.82, 2.24) is 9.55 Å². The third-order valence-corrected chi connectivity index (χ3v) is 3.50. The van der Waals surface area contributed by atoms with Gasteiger partial charge >= 0.3 is 0 Å². The first-order chi connectivity index (χ1) is 8.44. The second-order valence-corrected chi connectivity index (χ2v) is 6.25. The molecule has 0 atom stereocenters. The number of aryl methyl sites for hydroxylation is 1. The maximum atomic E-state index is 6.08. The molecule has 2 N–H and O–H groups in total. The van der Waals surface area contributed by atoms with Crippen molar-refractivity contribution in [1.29, 1.82) is 0 Å². The highest BCUT2D eigenvalue weighted by Gasteiger charge is 2.27. The van der Waals surface area contributed by atoms with Crippen LogP contribution in [0.2, 0.25) is 0 Å². The van der Waals surface area contributed by atoms with Crippen LogP contribution in [0.25, 0.3) is 11.0 Å². The summed E-state index contributed by atoms with van der Waals surface area (Å²) in [5.41, 5.74) is 9.57. The van der Waals surface area contributed by atoms with E-state index < -0.39 is 0 Å². The number of benzene rings is 1. The second kappa shape index (κ2) is 3.82. The highest BCUT2D eigenvalue weighted by atomic mass is 15.1. The Kier molecular flexibility index (Phi) is 2.49. The van der Waals surface area contributed by atoms with Crippen LogP contribution in [0.5, 0.6) is 0 Å². The largest absolute Gasteiger partial charge is 0.325 e. The van der Waals surface area contributed by atoms with Crippen LogP contribution in [0.15, 0.2) is 18.2 Å². The van der Waals surface area contributed by atoms with Gasteiger partial charge in [0.1, 0.15) is 5.82 Å². The smallest absolute Gasteiger partial charge is 0.106 e. The number of hydrogen-bond donors (Lipinski definition) is 1. The third-order valence-electron chi connectivity index (χ3n) is 3.50. The van der Waals surface area contributed by atoms with Crippen molar-refractivity contribution in [2.75, 3.05) is 0 Å². The zero-order valence-corrected chi connectivity index (χ0v) is 11.4. The summed E-state index contributed by atoms with van der Waals surface area (Å²) in [4.78, 5) is 4.69. The van der Waals surface area contributed by atoms with Crippen LogP contribution >= 0.6 is 0 Å². The number of nitrogens with zero attached hydrogens (tertiary/aromatic N) is 2. The van der Waals surface area contributed by atoms with Gasteiger partial charge in [0.05, 0.1) is 11.0 Å². The predicted octanol–water partition coefficient (Wildman–Crippen LogP) is 2.96. The number of nitrogens with two attached hydrogens (primary N) is 1. The molecule has 18 heavy (non-hydrogen) atoms. The maximum absolute atomic E-state index is 6.08. The molecule has 0 radical (unpaired) electrons. The Morgan fingerprint density at radius 2 is 2.11 bits per heavy atom. The highest BCUT2D eigenvalue weighted by molar-refractivity contribution is 5.77. The Bertz CT molecular complexity index is 586. The summed E-state index contributed by atoms with van der Waals surface area (Å²) in [7, 11) is 0. The number of fused-ring (bicyclic) bond motifs is 1. The summed E-state index contributed by atoms with van der Waals surface area (Å²) >= 11 is 0. The average molecular weight is 243 g/mol. The van der Waals surface area contributed by atoms with Gasteiger partial charge in [0, 0.05) is 11.6 Å². The molecule has 0 bridgehead atoms. The normalized spacial score (nSPS) is 16.4. The summed E-state index contributed by atoms with van der Waals surface area (Å²) in [6.07, 6.45) is 3.48. The molecule has 2 aromatic rings. The number of aromatic nitrogens is 2. The van der Waals surface area contributed by atoms with Gasteiger partial charge in [-0.05, 0) is 57.7 Å². The van der Waals surface area contributed by atoms with E-state index in [1.165, 1.54) is 23.9 Å². The number of rotatable bonds is 3. The fraction of sp³-hybridized carbons (Fsp3) is 0.533. The summed E-state index contributed by atoms with van der Waals surface area (Å²) in [6.45, 7) is 6.22. The first kappa shape index (κ1) is 11.7. The molecule has 1 aliphatic carbocycles. The molecule has 96 valence electrons. The van der Waals surface area contributed by atoms with Crippen LogP contribution < -0.4 is 5.73 Å². The minimum Gasteiger partial charge on any atom is -0.325 e. The fourth-order valence-electron chi connectivity index (χ4n) is 2.69. The van der Waals surface area contributed by atoms with Gasteiger partial charge in [-0.2, -0.15) is 0 Å². The molecule has 0 aliphatic heterocycles. The van der Waals surface area contributed by atoms with E-state index >= 15 is 0 Å². The van der Waals surface area contributed by atoms with Gasteiger partial charge in [-0.25, -0.2) is 4.98 Å². The van der Waals surface area contributed by atoms with Crippen molar-refractivity contribution in [2.45, 2.75) is 51.6 Å². The molecule has 3 nitrogen and oxygen atoms in total. The Hall–Kier alpha value is -1.35. The monoisotopic (exact) mass is 243 g/mol. The third kappa shape index (κ3) is 2.15. The van der Waals surface area contributed by atoms with Crippen LogP contribution in [-0.2, 0) is 6.42 Å². The molecule has 0 unspecified atom stereocenters. The molecule has 1 fully saturated rings. The van der Waals surface area contributed by atoms with E-state index in [2.05, 4.69) is 48.5 Å². The zero-order chi connectivity index (χ0) is 12.9. The first-order valence-electron chi connectivity index (χ1n) is 6.70. The molecule has 1 aromatic carbocycles. The molecular formula is C15H21N3. The van der Waals surface area contributed by atoms with Crippen molar-refractivity contribution in [2.24, 2.45) is 5.73 Å². The average Bonchev–Trinajstić information content (AvgIpc) is 2.99. The van der Waals surface area contributed by atoms with E-state index in [4.69, 9.17) is 5.73 Å². The van der Waals surface area contributed by atoms with Crippen molar-refractivity contribution in [3.63, 3.8) is 0 Å². The summed E-state index contributed by atoms with van der Waals surface area (Å²) in [5.74, 6) is 1.14. The molecule has 0 saturated heterocycles. The van der Waals surface area contributed by atoms with E-state index in [9.17, 15) is 0 Å². The SMILES string of the molecule is Cc1nc2cc(CC(C)(C)N)ccc2n1C1CC1. The Morgan fingerprint density at radius 1 is 1.39 bits per heavy atom. The lowest BCUT2D eigenvalue weighted by molar-refractivity contribution is 0.517. The van der Waals surface area contributed by atoms with Gasteiger partial charge in [-0.3, -0.25) is 0 Å². The lowest BCUT2D eigenvalue weighted by Gasteiger charge is -2.18. The molecule has 0 spiro atoms. The highest BCUT2D eigenvalue weighted by Crippen LogP contribution is 2.38. The van der Waals surface area contributed by atoms with Crippen molar-refractivity contribution < 1.29 is 0 Å². The van der Waals surface area contributed by atoms with E-state index in [0.717, 1.165) is 17.8 Å². The van der Waals surface area contributed by atoms with Crippen LogP contribution in [0, 0.1) is 6.92 Å². The standard InChI is InChI=1S/C15H21N3/c1-10-17-13-8-11(9-15(2,3)16)4-7-14(13)18(10)12-5-6-12/h4,7-8,12H,5-6,9,16H2,1-3H3. The Morgan fingerprint density at radius 3 is 2.72 bits per heavy atom. The minimum absolute atomic E-state index is 0.165. The van der Waals surface area contributed by atoms with Gasteiger partial charge in [0.2, 0.25) is 0 Å². The lowest BCUT2D eigenvalue weighted by atomic mass is 9.96. The summed E-state index contributed by atoms with van der Waals surface area (Å²) in [5, 5.41) is 0. The molecule has 3 heteroatoms. The molecule has 1 aliphatic rings. The quantitative estimate of drug-likeness (QED) is 0.900. The molecule has 1 aromatic heterocycles. The number of imidazole rings is 1. The Balaban J connectivity index is 2.03. The summed E-state index contributed by atoms with van der Waals surface area (Å²) in [6, 6.07) is 7.27. The predicted molar refractivity (Wildman–Crippen MR) is 74.7 cm³/mol. The maximum Gasteiger partial charge on any atom is 0.106 e. The lowest BCUT2D eigenvalue weighted by Crippen LogP contribution is -2.34. The van der Waals surface area contributed by atoms with Gasteiger partial charge in [-0.15, -0.1) is 0 Å². The van der Waals surface area contributed by atoms with E-state index in [0.29, 0.717) is 6.04 Å². The molecule has 0 amide bonds. The van der Waals surface area contributed by atoms with Crippen LogP contribution in [0.3, 0.4) is 0 Å². The molecular weight excluding hydrogens is 222 g/mol. The Labute approximate surface area is 108 Å². The molecule has 1 saturated carbocycles. The molecule has 1 heterocycles. The van der Waals surface area contributed by atoms with Gasteiger partial charge in [0.15, 0.2) is 0 Å². The van der Waals surface area contributed by atoms with E-state index in [1.54, 1.807) is 0 Å². The molecule has 3 rings (SSSR count). The van der Waals surface area contributed by atoms with Crippen molar-refractivity contribution in [3.05, 3.63) is 29.6 Å².